The summed E-state index contributed by atoms with van der Waals surface area (Å²) in [6, 6.07) is 3.48. The molecular weight excluding hydrogens is 282 g/mol. The first-order valence-electron chi connectivity index (χ1n) is 7.42. The number of rotatable bonds is 4. The highest BCUT2D eigenvalue weighted by atomic mass is 16.5. The molecule has 0 saturated carbocycles. The predicted octanol–water partition coefficient (Wildman–Crippen LogP) is 2.72. The van der Waals surface area contributed by atoms with Crippen LogP contribution in [0.25, 0.3) is 0 Å². The Kier molecular flexibility index (Phi) is 3.94. The van der Waals surface area contributed by atoms with Crippen LogP contribution in [0.4, 0.5) is 0 Å². The Morgan fingerprint density at radius 1 is 1.50 bits per heavy atom. The minimum Gasteiger partial charge on any atom is -0.478 e. The van der Waals surface area contributed by atoms with Gasteiger partial charge in [0.2, 0.25) is 0 Å². The Labute approximate surface area is 128 Å². The molecular formula is C16H19N3O3. The summed E-state index contributed by atoms with van der Waals surface area (Å²) in [5.41, 5.74) is 2.92. The van der Waals surface area contributed by atoms with Crippen molar-refractivity contribution in [2.45, 2.75) is 39.3 Å². The average Bonchev–Trinajstić information content (AvgIpc) is 3.06. The number of nitrogens with zero attached hydrogens (tertiary/aromatic N) is 3. The normalized spacial score (nSPS) is 18.7. The van der Waals surface area contributed by atoms with Crippen LogP contribution in [0.1, 0.15) is 52.0 Å². The summed E-state index contributed by atoms with van der Waals surface area (Å²) in [5.74, 6) is -0.0925. The molecule has 0 radical (unpaired) electrons. The maximum Gasteiger partial charge on any atom is 0.337 e. The first-order valence-corrected chi connectivity index (χ1v) is 7.42. The van der Waals surface area contributed by atoms with E-state index in [2.05, 4.69) is 15.0 Å². The monoisotopic (exact) mass is 301 g/mol. The summed E-state index contributed by atoms with van der Waals surface area (Å²) < 4.78 is 5.28. The third kappa shape index (κ3) is 2.62. The van der Waals surface area contributed by atoms with E-state index in [0.717, 1.165) is 36.4 Å². The third-order valence-corrected chi connectivity index (χ3v) is 4.26. The molecule has 1 N–H and O–H groups in total. The molecule has 6 heteroatoms. The summed E-state index contributed by atoms with van der Waals surface area (Å²) in [4.78, 5) is 17.9. The fourth-order valence-electron chi connectivity index (χ4n) is 3.26. The maximum absolute atomic E-state index is 11.3. The molecule has 0 aliphatic carbocycles. The van der Waals surface area contributed by atoms with Crippen LogP contribution in [0, 0.1) is 13.8 Å². The molecule has 1 aliphatic heterocycles. The molecule has 3 heterocycles. The van der Waals surface area contributed by atoms with Gasteiger partial charge in [0.15, 0.2) is 0 Å². The van der Waals surface area contributed by atoms with Gasteiger partial charge in [0, 0.05) is 24.3 Å². The lowest BCUT2D eigenvalue weighted by Gasteiger charge is -2.24. The lowest BCUT2D eigenvalue weighted by molar-refractivity contribution is 0.0693. The molecule has 6 nitrogen and oxygen atoms in total. The van der Waals surface area contributed by atoms with E-state index in [4.69, 9.17) is 4.52 Å². The Bertz CT molecular complexity index is 676. The number of hydrogen-bond acceptors (Lipinski definition) is 5. The number of likely N-dealkylation sites (tertiary alicyclic amines) is 1. The minimum absolute atomic E-state index is 0.218. The number of aromatic nitrogens is 2. The van der Waals surface area contributed by atoms with Gasteiger partial charge in [-0.15, -0.1) is 0 Å². The van der Waals surface area contributed by atoms with E-state index in [-0.39, 0.29) is 11.6 Å². The van der Waals surface area contributed by atoms with Crippen molar-refractivity contribution in [3.63, 3.8) is 0 Å². The molecule has 1 aliphatic rings. The molecule has 1 fully saturated rings. The van der Waals surface area contributed by atoms with Crippen molar-refractivity contribution in [1.82, 2.24) is 15.0 Å². The third-order valence-electron chi connectivity index (χ3n) is 4.26. The van der Waals surface area contributed by atoms with Crippen molar-refractivity contribution >= 4 is 5.97 Å². The molecule has 116 valence electrons. The molecule has 1 unspecified atom stereocenters. The van der Waals surface area contributed by atoms with Crippen molar-refractivity contribution in [2.24, 2.45) is 0 Å². The van der Waals surface area contributed by atoms with Crippen molar-refractivity contribution < 1.29 is 14.4 Å². The molecule has 0 bridgehead atoms. The molecule has 1 atom stereocenters. The van der Waals surface area contributed by atoms with Gasteiger partial charge in [0.1, 0.15) is 5.76 Å². The van der Waals surface area contributed by atoms with Gasteiger partial charge in [-0.2, -0.15) is 0 Å². The largest absolute Gasteiger partial charge is 0.478 e. The maximum atomic E-state index is 11.3. The first kappa shape index (κ1) is 14.7. The summed E-state index contributed by atoms with van der Waals surface area (Å²) in [6.45, 7) is 5.32. The van der Waals surface area contributed by atoms with E-state index in [0.29, 0.717) is 12.2 Å². The van der Waals surface area contributed by atoms with Crippen LogP contribution in [0.3, 0.4) is 0 Å². The van der Waals surface area contributed by atoms with E-state index in [1.165, 1.54) is 0 Å². The van der Waals surface area contributed by atoms with Gasteiger partial charge in [-0.05, 0) is 45.4 Å². The summed E-state index contributed by atoms with van der Waals surface area (Å²) in [6.07, 6.45) is 3.74. The van der Waals surface area contributed by atoms with Gasteiger partial charge < -0.3 is 9.63 Å². The number of aryl methyl sites for hydroxylation is 2. The zero-order chi connectivity index (χ0) is 15.7. The Balaban J connectivity index is 1.88. The number of carboxylic acids is 1. The summed E-state index contributed by atoms with van der Waals surface area (Å²) in [5, 5.41) is 13.3. The molecule has 3 rings (SSSR count). The SMILES string of the molecule is Cc1noc(C)c1C1CCCN1Cc1ncccc1C(=O)O. The van der Waals surface area contributed by atoms with E-state index in [1.807, 2.05) is 13.8 Å². The van der Waals surface area contributed by atoms with Crippen LogP contribution in [-0.4, -0.2) is 32.7 Å². The highest BCUT2D eigenvalue weighted by Gasteiger charge is 2.31. The van der Waals surface area contributed by atoms with Crippen LogP contribution in [0.15, 0.2) is 22.9 Å². The number of aromatic carboxylic acids is 1. The number of pyridine rings is 1. The summed E-state index contributed by atoms with van der Waals surface area (Å²) >= 11 is 0. The zero-order valence-corrected chi connectivity index (χ0v) is 12.7. The Morgan fingerprint density at radius 2 is 2.32 bits per heavy atom. The van der Waals surface area contributed by atoms with Gasteiger partial charge in [-0.25, -0.2) is 4.79 Å². The molecule has 22 heavy (non-hydrogen) atoms. The van der Waals surface area contributed by atoms with Gasteiger partial charge >= 0.3 is 5.97 Å². The van der Waals surface area contributed by atoms with Crippen molar-refractivity contribution in [3.8, 4) is 0 Å². The van der Waals surface area contributed by atoms with Crippen LogP contribution in [0.2, 0.25) is 0 Å². The van der Waals surface area contributed by atoms with E-state index < -0.39 is 5.97 Å². The number of carbonyl (C=O) groups is 1. The van der Waals surface area contributed by atoms with Crippen LogP contribution in [-0.2, 0) is 6.54 Å². The molecule has 0 spiro atoms. The van der Waals surface area contributed by atoms with E-state index in [9.17, 15) is 9.90 Å². The van der Waals surface area contributed by atoms with Crippen molar-refractivity contribution in [1.29, 1.82) is 0 Å². The molecule has 0 amide bonds. The van der Waals surface area contributed by atoms with Crippen LogP contribution >= 0.6 is 0 Å². The first-order chi connectivity index (χ1) is 10.6. The Hall–Kier alpha value is -2.21. The number of carboxylic acid groups (broad SMARTS) is 1. The molecule has 1 saturated heterocycles. The standard InChI is InChI=1S/C16H19N3O3/c1-10-15(11(2)22-18-10)14-6-4-8-19(14)9-13-12(16(20)21)5-3-7-17-13/h3,5,7,14H,4,6,8-9H2,1-2H3,(H,20,21). The molecule has 2 aromatic heterocycles. The second kappa shape index (κ2) is 5.88. The van der Waals surface area contributed by atoms with Gasteiger partial charge in [0.25, 0.3) is 0 Å². The van der Waals surface area contributed by atoms with Crippen LogP contribution < -0.4 is 0 Å². The smallest absolute Gasteiger partial charge is 0.337 e. The van der Waals surface area contributed by atoms with Crippen molar-refractivity contribution in [2.75, 3.05) is 6.54 Å². The second-order valence-electron chi connectivity index (χ2n) is 5.67. The minimum atomic E-state index is -0.934. The van der Waals surface area contributed by atoms with E-state index >= 15 is 0 Å². The summed E-state index contributed by atoms with van der Waals surface area (Å²) in [7, 11) is 0. The fraction of sp³-hybridized carbons (Fsp3) is 0.438. The van der Waals surface area contributed by atoms with Gasteiger partial charge in [0.05, 0.1) is 17.0 Å². The van der Waals surface area contributed by atoms with Gasteiger partial charge in [-0.1, -0.05) is 5.16 Å². The van der Waals surface area contributed by atoms with Crippen molar-refractivity contribution in [3.05, 3.63) is 46.6 Å². The fourth-order valence-corrected chi connectivity index (χ4v) is 3.26. The highest BCUT2D eigenvalue weighted by molar-refractivity contribution is 5.88. The second-order valence-corrected chi connectivity index (χ2v) is 5.67. The average molecular weight is 301 g/mol. The number of hydrogen-bond donors (Lipinski definition) is 1. The zero-order valence-electron chi connectivity index (χ0n) is 12.7. The lowest BCUT2D eigenvalue weighted by Crippen LogP contribution is -2.25. The van der Waals surface area contributed by atoms with Crippen LogP contribution in [0.5, 0.6) is 0 Å². The van der Waals surface area contributed by atoms with Gasteiger partial charge in [-0.3, -0.25) is 9.88 Å². The highest BCUT2D eigenvalue weighted by Crippen LogP contribution is 2.36. The topological polar surface area (TPSA) is 79.5 Å². The predicted molar refractivity (Wildman–Crippen MR) is 79.6 cm³/mol. The quantitative estimate of drug-likeness (QED) is 0.935. The Morgan fingerprint density at radius 3 is 3.00 bits per heavy atom. The lowest BCUT2D eigenvalue weighted by atomic mass is 10.0. The van der Waals surface area contributed by atoms with E-state index in [1.54, 1.807) is 18.3 Å². The molecule has 0 aromatic carbocycles. The molecule has 2 aromatic rings.